The van der Waals surface area contributed by atoms with Gasteiger partial charge < -0.3 is 20.1 Å². The summed E-state index contributed by atoms with van der Waals surface area (Å²) in [6, 6.07) is 15.1. The highest BCUT2D eigenvalue weighted by atomic mass is 19.3. The van der Waals surface area contributed by atoms with Crippen molar-refractivity contribution in [1.29, 1.82) is 0 Å². The van der Waals surface area contributed by atoms with Gasteiger partial charge >= 0.3 is 0 Å². The summed E-state index contributed by atoms with van der Waals surface area (Å²) in [5.74, 6) is 1.58. The third kappa shape index (κ3) is 6.76. The minimum Gasteiger partial charge on any atom is -0.390 e. The van der Waals surface area contributed by atoms with E-state index in [1.54, 1.807) is 24.3 Å². The predicted octanol–water partition coefficient (Wildman–Crippen LogP) is 4.58. The SMILES string of the molecule is CN(Cc1cccc(CO)n1)[C@H]1CC[C@H](CNc2nc(N3CCOCC3)cc(-n3c(C(F)F)nc4ccccc43)n2)CC1. The molecule has 2 aliphatic rings. The van der Waals surface area contributed by atoms with Gasteiger partial charge in [-0.05, 0) is 62.9 Å². The van der Waals surface area contributed by atoms with Crippen molar-refractivity contribution in [2.45, 2.75) is 51.3 Å². The van der Waals surface area contributed by atoms with Crippen LogP contribution in [0.5, 0.6) is 0 Å². The predicted molar refractivity (Wildman–Crippen MR) is 161 cm³/mol. The van der Waals surface area contributed by atoms with E-state index in [9.17, 15) is 13.9 Å². The van der Waals surface area contributed by atoms with Gasteiger partial charge in [0.2, 0.25) is 5.95 Å². The number of pyridine rings is 1. The van der Waals surface area contributed by atoms with Gasteiger partial charge in [0, 0.05) is 38.3 Å². The summed E-state index contributed by atoms with van der Waals surface area (Å²) in [6.07, 6.45) is 1.50. The zero-order valence-electron chi connectivity index (χ0n) is 24.4. The summed E-state index contributed by atoms with van der Waals surface area (Å²) in [4.78, 5) is 22.7. The lowest BCUT2D eigenvalue weighted by atomic mass is 9.85. The van der Waals surface area contributed by atoms with Crippen molar-refractivity contribution in [2.75, 3.05) is 50.1 Å². The third-order valence-electron chi connectivity index (χ3n) is 8.47. The van der Waals surface area contributed by atoms with Gasteiger partial charge in [-0.25, -0.2) is 13.8 Å². The second-order valence-electron chi connectivity index (χ2n) is 11.4. The molecule has 0 spiro atoms. The topological polar surface area (TPSA) is 104 Å². The average molecular weight is 593 g/mol. The van der Waals surface area contributed by atoms with Crippen LogP contribution in [0, 0.1) is 5.92 Å². The fraction of sp³-hybridized carbons (Fsp3) is 0.484. The van der Waals surface area contributed by atoms with E-state index >= 15 is 0 Å². The molecule has 1 saturated heterocycles. The van der Waals surface area contributed by atoms with Gasteiger partial charge in [-0.15, -0.1) is 0 Å². The number of hydrogen-bond donors (Lipinski definition) is 2. The van der Waals surface area contributed by atoms with Crippen LogP contribution < -0.4 is 10.2 Å². The van der Waals surface area contributed by atoms with Gasteiger partial charge in [-0.1, -0.05) is 18.2 Å². The van der Waals surface area contributed by atoms with Crippen LogP contribution >= 0.6 is 0 Å². The molecule has 0 bridgehead atoms. The molecule has 0 amide bonds. The number of halogens is 2. The zero-order chi connectivity index (χ0) is 29.8. The number of aromatic nitrogens is 5. The number of para-hydroxylation sites is 2. The number of alkyl halides is 2. The molecule has 10 nitrogen and oxygen atoms in total. The van der Waals surface area contributed by atoms with Gasteiger partial charge in [0.15, 0.2) is 5.82 Å². The van der Waals surface area contributed by atoms with E-state index in [1.807, 2.05) is 24.3 Å². The number of hydrogen-bond acceptors (Lipinski definition) is 9. The lowest BCUT2D eigenvalue weighted by molar-refractivity contribution is 0.122. The van der Waals surface area contributed by atoms with Gasteiger partial charge in [0.05, 0.1) is 42.2 Å². The standard InChI is InChI=1S/C31H38F2N8O2/c1-39(19-22-5-4-6-23(20-42)35-22)24-11-9-21(10-12-24)18-34-31-37-27(40-13-15-43-16-14-40)17-28(38-31)41-26-8-3-2-7-25(26)36-30(41)29(32)33/h2-8,17,21,24,29,42H,9-16,18-20H2,1H3,(H,34,37,38)/t21-,24-. The Labute approximate surface area is 249 Å². The van der Waals surface area contributed by atoms with E-state index in [-0.39, 0.29) is 12.4 Å². The first-order valence-electron chi connectivity index (χ1n) is 15.0. The van der Waals surface area contributed by atoms with Gasteiger partial charge in [0.1, 0.15) is 11.6 Å². The second-order valence-corrected chi connectivity index (χ2v) is 11.4. The maximum atomic E-state index is 14.2. The maximum absolute atomic E-state index is 14.2. The molecule has 1 aromatic carbocycles. The Morgan fingerprint density at radius 2 is 1.70 bits per heavy atom. The monoisotopic (exact) mass is 592 g/mol. The summed E-state index contributed by atoms with van der Waals surface area (Å²) < 4.78 is 35.3. The van der Waals surface area contributed by atoms with Crippen LogP contribution in [0.15, 0.2) is 48.5 Å². The molecule has 4 aromatic rings. The lowest BCUT2D eigenvalue weighted by Crippen LogP contribution is -2.37. The summed E-state index contributed by atoms with van der Waals surface area (Å²) in [5, 5.41) is 12.8. The largest absolute Gasteiger partial charge is 0.390 e. The Kier molecular flexibility index (Phi) is 9.06. The first-order chi connectivity index (χ1) is 21.0. The van der Waals surface area contributed by atoms with Gasteiger partial charge in [-0.2, -0.15) is 9.97 Å². The molecule has 6 rings (SSSR count). The molecule has 43 heavy (non-hydrogen) atoms. The number of nitrogens with zero attached hydrogens (tertiary/aromatic N) is 7. The van der Waals surface area contributed by atoms with Crippen molar-refractivity contribution in [1.82, 2.24) is 29.4 Å². The number of aliphatic hydroxyl groups excluding tert-OH is 1. The van der Waals surface area contributed by atoms with Crippen LogP contribution in [0.1, 0.15) is 49.3 Å². The summed E-state index contributed by atoms with van der Waals surface area (Å²) in [5.41, 5.74) is 2.73. The molecule has 0 atom stereocenters. The number of benzene rings is 1. The minimum absolute atomic E-state index is 0.0531. The smallest absolute Gasteiger partial charge is 0.296 e. The van der Waals surface area contributed by atoms with E-state index in [0.29, 0.717) is 79.1 Å². The van der Waals surface area contributed by atoms with Crippen LogP contribution in [0.4, 0.5) is 20.5 Å². The molecule has 1 aliphatic carbocycles. The molecule has 2 fully saturated rings. The minimum atomic E-state index is -2.76. The van der Waals surface area contributed by atoms with Crippen LogP contribution in [0.3, 0.4) is 0 Å². The summed E-state index contributed by atoms with van der Waals surface area (Å²) in [7, 11) is 2.14. The lowest BCUT2D eigenvalue weighted by Gasteiger charge is -2.34. The second kappa shape index (κ2) is 13.3. The number of ether oxygens (including phenoxy) is 1. The summed E-state index contributed by atoms with van der Waals surface area (Å²) >= 11 is 0. The highest BCUT2D eigenvalue weighted by Gasteiger charge is 2.26. The quantitative estimate of drug-likeness (QED) is 0.274. The van der Waals surface area contributed by atoms with Crippen molar-refractivity contribution >= 4 is 22.8 Å². The Bertz CT molecular complexity index is 1520. The number of nitrogens with one attached hydrogen (secondary N) is 1. The Morgan fingerprint density at radius 3 is 2.47 bits per heavy atom. The van der Waals surface area contributed by atoms with Crippen molar-refractivity contribution in [2.24, 2.45) is 5.92 Å². The van der Waals surface area contributed by atoms with E-state index in [1.165, 1.54) is 4.57 Å². The van der Waals surface area contributed by atoms with E-state index in [2.05, 4.69) is 32.1 Å². The molecule has 228 valence electrons. The van der Waals surface area contributed by atoms with Gasteiger partial charge in [-0.3, -0.25) is 14.5 Å². The number of fused-ring (bicyclic) bond motifs is 1. The van der Waals surface area contributed by atoms with Crippen LogP contribution in [0.25, 0.3) is 16.9 Å². The van der Waals surface area contributed by atoms with Crippen molar-refractivity contribution in [3.8, 4) is 5.82 Å². The third-order valence-corrected chi connectivity index (χ3v) is 8.47. The summed E-state index contributed by atoms with van der Waals surface area (Å²) in [6.45, 7) is 3.89. The number of rotatable bonds is 10. The zero-order valence-corrected chi connectivity index (χ0v) is 24.4. The average Bonchev–Trinajstić information content (AvgIpc) is 3.45. The van der Waals surface area contributed by atoms with Crippen molar-refractivity contribution < 1.29 is 18.6 Å². The fourth-order valence-electron chi connectivity index (χ4n) is 6.12. The highest BCUT2D eigenvalue weighted by Crippen LogP contribution is 2.31. The van der Waals surface area contributed by atoms with Gasteiger partial charge in [0.25, 0.3) is 6.43 Å². The molecule has 0 unspecified atom stereocenters. The molecule has 12 heteroatoms. The van der Waals surface area contributed by atoms with Crippen LogP contribution in [-0.2, 0) is 17.9 Å². The van der Waals surface area contributed by atoms with Crippen LogP contribution in [-0.4, -0.2) is 80.4 Å². The van der Waals surface area contributed by atoms with Crippen LogP contribution in [0.2, 0.25) is 0 Å². The number of aliphatic hydroxyl groups is 1. The molecule has 1 aliphatic heterocycles. The molecule has 4 heterocycles. The molecule has 1 saturated carbocycles. The van der Waals surface area contributed by atoms with Crippen molar-refractivity contribution in [3.05, 3.63) is 65.7 Å². The maximum Gasteiger partial charge on any atom is 0.296 e. The number of imidazole rings is 1. The van der Waals surface area contributed by atoms with E-state index in [4.69, 9.17) is 14.7 Å². The normalized spacial score (nSPS) is 19.4. The van der Waals surface area contributed by atoms with E-state index in [0.717, 1.165) is 37.9 Å². The molecular weight excluding hydrogens is 554 g/mol. The first kappa shape index (κ1) is 29.3. The Hall–Kier alpha value is -3.74. The van der Waals surface area contributed by atoms with Crippen molar-refractivity contribution in [3.63, 3.8) is 0 Å². The Morgan fingerprint density at radius 1 is 0.953 bits per heavy atom. The molecule has 0 radical (unpaired) electrons. The highest BCUT2D eigenvalue weighted by molar-refractivity contribution is 5.78. The molecule has 2 N–H and O–H groups in total. The fourth-order valence-corrected chi connectivity index (χ4v) is 6.12. The molecule has 3 aromatic heterocycles. The van der Waals surface area contributed by atoms with E-state index < -0.39 is 6.43 Å². The first-order valence-corrected chi connectivity index (χ1v) is 15.0. The number of morpholine rings is 1. The number of anilines is 2. The Balaban J connectivity index is 1.16. The molecular formula is C31H38F2N8O2.